The Kier molecular flexibility index (Phi) is 4.40. The fourth-order valence-corrected chi connectivity index (χ4v) is 1.66. The van der Waals surface area contributed by atoms with Gasteiger partial charge in [-0.15, -0.1) is 5.92 Å². The van der Waals surface area contributed by atoms with E-state index in [1.54, 1.807) is 17.8 Å². The zero-order valence-electron chi connectivity index (χ0n) is 10.1. The van der Waals surface area contributed by atoms with Crippen molar-refractivity contribution in [2.45, 2.75) is 13.5 Å². The Balaban J connectivity index is 2.09. The van der Waals surface area contributed by atoms with Crippen LogP contribution in [0.3, 0.4) is 0 Å². The lowest BCUT2D eigenvalue weighted by atomic mass is 10.3. The van der Waals surface area contributed by atoms with E-state index in [9.17, 15) is 0 Å². The molecule has 3 nitrogen and oxygen atoms in total. The number of ether oxygens (including phenoxy) is 1. The normalized spacial score (nSPS) is 9.89. The molecule has 0 bridgehead atoms. The number of hydrogen-bond acceptors (Lipinski definition) is 2. The Morgan fingerprint density at radius 1 is 1.33 bits per heavy atom. The quantitative estimate of drug-likeness (QED) is 0.624. The van der Waals surface area contributed by atoms with Crippen molar-refractivity contribution < 1.29 is 4.74 Å². The molecule has 0 fully saturated rings. The van der Waals surface area contributed by atoms with Crippen LogP contribution in [0, 0.1) is 11.8 Å². The summed E-state index contributed by atoms with van der Waals surface area (Å²) in [4.78, 5) is 0. The highest BCUT2D eigenvalue weighted by Crippen LogP contribution is 2.17. The van der Waals surface area contributed by atoms with Gasteiger partial charge in [-0.1, -0.05) is 35.7 Å². The van der Waals surface area contributed by atoms with E-state index >= 15 is 0 Å². The minimum atomic E-state index is 0.368. The maximum absolute atomic E-state index is 6.11. The molecule has 0 amide bonds. The third-order valence-electron chi connectivity index (χ3n) is 2.35. The molecule has 0 N–H and O–H groups in total. The molecule has 1 aromatic heterocycles. The summed E-state index contributed by atoms with van der Waals surface area (Å²) in [7, 11) is 0. The summed E-state index contributed by atoms with van der Waals surface area (Å²) in [5.41, 5.74) is 1.69. The number of halogens is 1. The summed E-state index contributed by atoms with van der Waals surface area (Å²) in [5, 5.41) is 4.99. The van der Waals surface area contributed by atoms with Crippen LogP contribution >= 0.6 is 11.6 Å². The topological polar surface area (TPSA) is 27.1 Å². The first-order valence-corrected chi connectivity index (χ1v) is 5.96. The number of hydrogen-bond donors (Lipinski definition) is 0. The Morgan fingerprint density at radius 3 is 2.83 bits per heavy atom. The van der Waals surface area contributed by atoms with E-state index < -0.39 is 0 Å². The molecule has 4 heteroatoms. The lowest BCUT2D eigenvalue weighted by Crippen LogP contribution is -1.98. The van der Waals surface area contributed by atoms with Crippen molar-refractivity contribution in [2.75, 3.05) is 6.61 Å². The molecule has 18 heavy (non-hydrogen) atoms. The molecular formula is C14H13ClN2O. The number of para-hydroxylation sites is 1. The van der Waals surface area contributed by atoms with Crippen LogP contribution < -0.4 is 0 Å². The summed E-state index contributed by atoms with van der Waals surface area (Å²) in [5.74, 6) is 5.59. The van der Waals surface area contributed by atoms with E-state index in [1.807, 2.05) is 30.3 Å². The van der Waals surface area contributed by atoms with E-state index in [0.29, 0.717) is 18.2 Å². The van der Waals surface area contributed by atoms with Crippen LogP contribution in [0.15, 0.2) is 36.5 Å². The summed E-state index contributed by atoms with van der Waals surface area (Å²) in [6, 6.07) is 9.81. The van der Waals surface area contributed by atoms with E-state index in [1.165, 1.54) is 0 Å². The third-order valence-corrected chi connectivity index (χ3v) is 2.67. The second-order valence-corrected chi connectivity index (χ2v) is 4.03. The second-order valence-electron chi connectivity index (χ2n) is 3.62. The van der Waals surface area contributed by atoms with Gasteiger partial charge in [0.25, 0.3) is 0 Å². The minimum Gasteiger partial charge on any atom is -0.362 e. The van der Waals surface area contributed by atoms with E-state index in [0.717, 1.165) is 11.4 Å². The Labute approximate surface area is 111 Å². The van der Waals surface area contributed by atoms with Gasteiger partial charge in [0.1, 0.15) is 12.3 Å². The van der Waals surface area contributed by atoms with Crippen LogP contribution in [0.1, 0.15) is 12.6 Å². The Bertz CT molecular complexity index is 566. The molecular weight excluding hydrogens is 248 g/mol. The molecule has 1 heterocycles. The maximum atomic E-state index is 6.11. The second kappa shape index (κ2) is 6.25. The fourth-order valence-electron chi connectivity index (χ4n) is 1.47. The number of aromatic nitrogens is 2. The maximum Gasteiger partial charge on any atom is 0.108 e. The summed E-state index contributed by atoms with van der Waals surface area (Å²) < 4.78 is 7.10. The SMILES string of the molecule is CC#CCOCc1nn(-c2ccccc2)cc1Cl. The van der Waals surface area contributed by atoms with Gasteiger partial charge < -0.3 is 4.74 Å². The number of nitrogens with zero attached hydrogens (tertiary/aromatic N) is 2. The first kappa shape index (κ1) is 12.7. The Hall–Kier alpha value is -1.76. The zero-order chi connectivity index (χ0) is 12.8. The molecule has 0 aliphatic heterocycles. The van der Waals surface area contributed by atoms with Gasteiger partial charge in [0.15, 0.2) is 0 Å². The molecule has 0 spiro atoms. The van der Waals surface area contributed by atoms with Gasteiger partial charge >= 0.3 is 0 Å². The lowest BCUT2D eigenvalue weighted by Gasteiger charge is -1.99. The summed E-state index contributed by atoms with van der Waals surface area (Å²) >= 11 is 6.11. The monoisotopic (exact) mass is 260 g/mol. The van der Waals surface area contributed by atoms with Crippen molar-refractivity contribution in [3.63, 3.8) is 0 Å². The lowest BCUT2D eigenvalue weighted by molar-refractivity contribution is 0.150. The van der Waals surface area contributed by atoms with Crippen molar-refractivity contribution in [2.24, 2.45) is 0 Å². The molecule has 1 aromatic carbocycles. The van der Waals surface area contributed by atoms with E-state index in [-0.39, 0.29) is 0 Å². The summed E-state index contributed by atoms with van der Waals surface area (Å²) in [6.45, 7) is 2.54. The van der Waals surface area contributed by atoms with E-state index in [4.69, 9.17) is 16.3 Å². The zero-order valence-corrected chi connectivity index (χ0v) is 10.8. The third kappa shape index (κ3) is 3.13. The van der Waals surface area contributed by atoms with Crippen molar-refractivity contribution in [3.05, 3.63) is 47.2 Å². The van der Waals surface area contributed by atoms with Gasteiger partial charge in [-0.2, -0.15) is 5.10 Å². The highest BCUT2D eigenvalue weighted by atomic mass is 35.5. The fraction of sp³-hybridized carbons (Fsp3) is 0.214. The minimum absolute atomic E-state index is 0.368. The van der Waals surface area contributed by atoms with Crippen LogP contribution in [0.25, 0.3) is 5.69 Å². The largest absolute Gasteiger partial charge is 0.362 e. The predicted molar refractivity (Wildman–Crippen MR) is 71.7 cm³/mol. The first-order chi connectivity index (χ1) is 8.81. The predicted octanol–water partition coefficient (Wildman–Crippen LogP) is 3.07. The molecule has 0 saturated carbocycles. The number of benzene rings is 1. The van der Waals surface area contributed by atoms with Gasteiger partial charge in [0, 0.05) is 6.20 Å². The molecule has 2 aromatic rings. The molecule has 0 atom stereocenters. The van der Waals surface area contributed by atoms with Crippen molar-refractivity contribution in [1.82, 2.24) is 9.78 Å². The van der Waals surface area contributed by atoms with Gasteiger partial charge in [-0.05, 0) is 19.1 Å². The summed E-state index contributed by atoms with van der Waals surface area (Å²) in [6.07, 6.45) is 1.78. The number of rotatable bonds is 4. The molecule has 0 unspecified atom stereocenters. The van der Waals surface area contributed by atoms with Gasteiger partial charge in [-0.25, -0.2) is 4.68 Å². The molecule has 0 aliphatic carbocycles. The molecule has 0 saturated heterocycles. The van der Waals surface area contributed by atoms with E-state index in [2.05, 4.69) is 16.9 Å². The smallest absolute Gasteiger partial charge is 0.108 e. The van der Waals surface area contributed by atoms with Crippen LogP contribution in [-0.2, 0) is 11.3 Å². The van der Waals surface area contributed by atoms with Crippen molar-refractivity contribution in [1.29, 1.82) is 0 Å². The van der Waals surface area contributed by atoms with Crippen LogP contribution in [0.2, 0.25) is 5.02 Å². The Morgan fingerprint density at radius 2 is 2.11 bits per heavy atom. The molecule has 0 aliphatic rings. The standard InChI is InChI=1S/C14H13ClN2O/c1-2-3-9-18-11-14-13(15)10-17(16-14)12-7-5-4-6-8-12/h4-8,10H,9,11H2,1H3. The van der Waals surface area contributed by atoms with Crippen LogP contribution in [0.5, 0.6) is 0 Å². The highest BCUT2D eigenvalue weighted by Gasteiger charge is 2.07. The molecule has 92 valence electrons. The average Bonchev–Trinajstić information content (AvgIpc) is 2.77. The van der Waals surface area contributed by atoms with Crippen LogP contribution in [0.4, 0.5) is 0 Å². The van der Waals surface area contributed by atoms with Gasteiger partial charge in [0.2, 0.25) is 0 Å². The van der Waals surface area contributed by atoms with Gasteiger partial charge in [0.05, 0.1) is 17.3 Å². The van der Waals surface area contributed by atoms with Crippen LogP contribution in [-0.4, -0.2) is 16.4 Å². The highest BCUT2D eigenvalue weighted by molar-refractivity contribution is 6.31. The average molecular weight is 261 g/mol. The van der Waals surface area contributed by atoms with Gasteiger partial charge in [-0.3, -0.25) is 0 Å². The molecule has 0 radical (unpaired) electrons. The van der Waals surface area contributed by atoms with Crippen molar-refractivity contribution in [3.8, 4) is 17.5 Å². The van der Waals surface area contributed by atoms with Crippen molar-refractivity contribution >= 4 is 11.6 Å². The first-order valence-electron chi connectivity index (χ1n) is 5.58. The molecule has 2 rings (SSSR count).